The molecule has 4 heterocycles. The normalized spacial score (nSPS) is 21.0. The van der Waals surface area contributed by atoms with E-state index < -0.39 is 23.7 Å². The first-order chi connectivity index (χ1) is 22.0. The van der Waals surface area contributed by atoms with Crippen LogP contribution in [0.2, 0.25) is 0 Å². The second-order valence-corrected chi connectivity index (χ2v) is 12.0. The van der Waals surface area contributed by atoms with Gasteiger partial charge in [-0.1, -0.05) is 44.9 Å². The highest BCUT2D eigenvalue weighted by atomic mass is 19.4. The predicted octanol–water partition coefficient (Wildman–Crippen LogP) is 7.40. The molecule has 0 radical (unpaired) electrons. The molecule has 0 amide bonds. The zero-order valence-corrected chi connectivity index (χ0v) is 26.6. The van der Waals surface area contributed by atoms with Crippen LogP contribution in [0, 0.1) is 17.1 Å². The minimum absolute atomic E-state index is 0.0549. The zero-order valence-electron chi connectivity index (χ0n) is 26.6. The lowest BCUT2D eigenvalue weighted by Crippen LogP contribution is -2.58. The molecule has 1 saturated heterocycles. The van der Waals surface area contributed by atoms with Crippen molar-refractivity contribution in [3.05, 3.63) is 94.8 Å². The minimum Gasteiger partial charge on any atom is -0.364 e. The van der Waals surface area contributed by atoms with Crippen LogP contribution in [0.1, 0.15) is 80.8 Å². The average Bonchev–Trinajstić information content (AvgIpc) is 3.05. The van der Waals surface area contributed by atoms with Crippen molar-refractivity contribution in [3.8, 4) is 6.07 Å². The number of fused-ring (bicyclic) bond motifs is 1. The van der Waals surface area contributed by atoms with E-state index in [9.17, 15) is 22.8 Å². The Morgan fingerprint density at radius 1 is 1.02 bits per heavy atom. The number of unbranched alkanes of at least 4 members (excludes halogenated alkanes) is 2. The summed E-state index contributed by atoms with van der Waals surface area (Å²) in [5.41, 5.74) is 2.69. The van der Waals surface area contributed by atoms with Gasteiger partial charge >= 0.3 is 6.18 Å². The molecule has 0 bridgehead atoms. The average molecular weight is 637 g/mol. The Bertz CT molecular complexity index is 1570. The molecule has 1 fully saturated rings. The number of nitrogens with zero attached hydrogens (tertiary/aromatic N) is 6. The van der Waals surface area contributed by atoms with Crippen molar-refractivity contribution in [2.45, 2.75) is 77.0 Å². The summed E-state index contributed by atoms with van der Waals surface area (Å²) in [4.78, 5) is 15.3. The molecule has 2 aliphatic heterocycles. The Hall–Kier alpha value is -4.01. The van der Waals surface area contributed by atoms with Gasteiger partial charge in [-0.05, 0) is 67.8 Å². The number of alkyl halides is 3. The van der Waals surface area contributed by atoms with Crippen LogP contribution >= 0.6 is 0 Å². The van der Waals surface area contributed by atoms with Crippen LogP contribution in [-0.2, 0) is 10.9 Å². The smallest absolute Gasteiger partial charge is 0.364 e. The molecule has 0 saturated carbocycles. The maximum Gasteiger partial charge on any atom is 0.433 e. The number of piperazine rings is 1. The van der Waals surface area contributed by atoms with E-state index in [1.54, 1.807) is 24.3 Å². The van der Waals surface area contributed by atoms with Crippen molar-refractivity contribution in [1.82, 2.24) is 19.8 Å². The highest BCUT2D eigenvalue weighted by Crippen LogP contribution is 2.40. The monoisotopic (exact) mass is 636 g/mol. The third-order valence-electron chi connectivity index (χ3n) is 8.86. The number of ether oxygens (including phenoxy) is 1. The van der Waals surface area contributed by atoms with Crippen LogP contribution in [0.15, 0.2) is 60.7 Å². The summed E-state index contributed by atoms with van der Waals surface area (Å²) in [5.74, 6) is -0.424. The number of anilines is 1. The van der Waals surface area contributed by atoms with Gasteiger partial charge in [-0.3, -0.25) is 4.90 Å². The fourth-order valence-corrected chi connectivity index (χ4v) is 6.40. The van der Waals surface area contributed by atoms with E-state index >= 15 is 0 Å². The Labute approximate surface area is 268 Å². The Kier molecular flexibility index (Phi) is 10.3. The molecule has 46 heavy (non-hydrogen) atoms. The fraction of sp³-hybridized carbons (Fsp3) is 0.457. The van der Waals surface area contributed by atoms with Gasteiger partial charge in [0.1, 0.15) is 29.0 Å². The molecule has 0 spiro atoms. The summed E-state index contributed by atoms with van der Waals surface area (Å²) in [6, 6.07) is 14.8. The molecular formula is C35H40F4N6O. The number of pyridine rings is 2. The fourth-order valence-electron chi connectivity index (χ4n) is 6.40. The van der Waals surface area contributed by atoms with Gasteiger partial charge in [-0.2, -0.15) is 18.4 Å². The number of hydrogen-bond donors (Lipinski definition) is 0. The third-order valence-corrected chi connectivity index (χ3v) is 8.86. The van der Waals surface area contributed by atoms with E-state index in [1.165, 1.54) is 18.2 Å². The summed E-state index contributed by atoms with van der Waals surface area (Å²) in [5, 5.41) is 9.67. The number of benzene rings is 1. The first-order valence-electron chi connectivity index (χ1n) is 15.8. The predicted molar refractivity (Wildman–Crippen MR) is 169 cm³/mol. The number of nitriles is 1. The summed E-state index contributed by atoms with van der Waals surface area (Å²) >= 11 is 0. The van der Waals surface area contributed by atoms with E-state index in [4.69, 9.17) is 9.72 Å². The summed E-state index contributed by atoms with van der Waals surface area (Å²) in [7, 11) is 1.96. The van der Waals surface area contributed by atoms with Gasteiger partial charge in [0, 0.05) is 38.8 Å². The molecular weight excluding hydrogens is 596 g/mol. The molecule has 244 valence electrons. The maximum atomic E-state index is 14.0. The second kappa shape index (κ2) is 14.2. The summed E-state index contributed by atoms with van der Waals surface area (Å²) in [6.07, 6.45) is 0.981. The molecule has 5 rings (SSSR count). The van der Waals surface area contributed by atoms with Gasteiger partial charge in [0.2, 0.25) is 0 Å². The van der Waals surface area contributed by atoms with Crippen molar-refractivity contribution >= 4 is 11.4 Å². The molecule has 11 heteroatoms. The molecule has 0 aliphatic carbocycles. The molecule has 0 N–H and O–H groups in total. The molecule has 4 atom stereocenters. The molecule has 2 aliphatic rings. The zero-order chi connectivity index (χ0) is 33.0. The van der Waals surface area contributed by atoms with Crippen molar-refractivity contribution in [2.24, 2.45) is 0 Å². The van der Waals surface area contributed by atoms with E-state index in [-0.39, 0.29) is 24.0 Å². The van der Waals surface area contributed by atoms with Gasteiger partial charge in [0.05, 0.1) is 23.1 Å². The molecule has 2 aromatic heterocycles. The lowest BCUT2D eigenvalue weighted by atomic mass is 9.94. The molecule has 2 unspecified atom stereocenters. The third kappa shape index (κ3) is 7.03. The summed E-state index contributed by atoms with van der Waals surface area (Å²) < 4.78 is 61.6. The number of hydrogen-bond acceptors (Lipinski definition) is 7. The van der Waals surface area contributed by atoms with E-state index in [2.05, 4.69) is 40.8 Å². The van der Waals surface area contributed by atoms with Gasteiger partial charge in [0.15, 0.2) is 6.23 Å². The van der Waals surface area contributed by atoms with Crippen molar-refractivity contribution in [2.75, 3.05) is 31.6 Å². The molecule has 1 aromatic carbocycles. The second-order valence-electron chi connectivity index (χ2n) is 12.0. The van der Waals surface area contributed by atoms with Crippen LogP contribution in [0.4, 0.5) is 23.2 Å². The lowest BCUT2D eigenvalue weighted by Gasteiger charge is -2.50. The van der Waals surface area contributed by atoms with E-state index in [0.717, 1.165) is 43.1 Å². The first-order valence-corrected chi connectivity index (χ1v) is 15.8. The van der Waals surface area contributed by atoms with Gasteiger partial charge < -0.3 is 14.5 Å². The number of halogens is 4. The van der Waals surface area contributed by atoms with Crippen LogP contribution in [0.3, 0.4) is 0 Å². The van der Waals surface area contributed by atoms with Crippen molar-refractivity contribution in [3.63, 3.8) is 0 Å². The highest BCUT2D eigenvalue weighted by molar-refractivity contribution is 5.77. The van der Waals surface area contributed by atoms with E-state index in [1.807, 2.05) is 24.9 Å². The lowest BCUT2D eigenvalue weighted by molar-refractivity contribution is -0.141. The minimum atomic E-state index is -4.60. The first kappa shape index (κ1) is 33.4. The number of likely N-dealkylation sites (N-methyl/N-ethyl adjacent to an activating group) is 1. The quantitative estimate of drug-likeness (QED) is 0.170. The van der Waals surface area contributed by atoms with Crippen LogP contribution in [-0.4, -0.2) is 64.8 Å². The van der Waals surface area contributed by atoms with Gasteiger partial charge in [0.25, 0.3) is 0 Å². The largest absolute Gasteiger partial charge is 0.433 e. The van der Waals surface area contributed by atoms with Crippen molar-refractivity contribution in [1.29, 1.82) is 5.26 Å². The van der Waals surface area contributed by atoms with E-state index in [0.29, 0.717) is 36.6 Å². The Morgan fingerprint density at radius 3 is 2.46 bits per heavy atom. The molecule has 3 aromatic rings. The highest BCUT2D eigenvalue weighted by Gasteiger charge is 2.41. The van der Waals surface area contributed by atoms with Crippen molar-refractivity contribution < 1.29 is 22.3 Å². The standard InChI is InChI=1S/C35H40F4N6O/c1-5-7-8-18-46-32-19-30(33-29(43(32)4)17-16-26(20-40)41-33)45-21-23(3)44(22-27(45)6-2)34(24-12-14-25(36)15-13-24)28-10-9-11-31(42-28)35(37,38)39/h9-17,19,23,27,32,34H,5-8,18,21-22H2,1-4H3/t23-,27+,32?,34?/m1/s1. The van der Waals surface area contributed by atoms with Gasteiger partial charge in [-0.25, -0.2) is 14.4 Å². The maximum absolute atomic E-state index is 14.0. The number of rotatable bonds is 10. The summed E-state index contributed by atoms with van der Waals surface area (Å²) in [6.45, 7) is 7.91. The molecule has 7 nitrogen and oxygen atoms in total. The number of aromatic nitrogens is 2. The Morgan fingerprint density at radius 2 is 1.78 bits per heavy atom. The Balaban J connectivity index is 1.53. The van der Waals surface area contributed by atoms with Crippen LogP contribution in [0.25, 0.3) is 5.70 Å². The topological polar surface area (TPSA) is 68.5 Å². The van der Waals surface area contributed by atoms with Gasteiger partial charge in [-0.15, -0.1) is 0 Å². The van der Waals surface area contributed by atoms with Crippen LogP contribution < -0.4 is 4.90 Å². The van der Waals surface area contributed by atoms with Crippen LogP contribution in [0.5, 0.6) is 0 Å². The SMILES string of the molecule is CCCCCOC1C=C(N2C[C@@H](C)N(C(c3ccc(F)cc3)c3cccc(C(F)(F)F)n3)C[C@@H]2CC)c2nc(C#N)ccc2N1C.